The zero-order chi connectivity index (χ0) is 23.2. The highest BCUT2D eigenvalue weighted by molar-refractivity contribution is 5.52. The average molecular weight is 452 g/mol. The molecule has 2 aliphatic rings. The van der Waals surface area contributed by atoms with Crippen LogP contribution in [-0.4, -0.2) is 83.3 Å². The van der Waals surface area contributed by atoms with Crippen molar-refractivity contribution in [2.24, 2.45) is 0 Å². The van der Waals surface area contributed by atoms with Crippen molar-refractivity contribution in [2.45, 2.75) is 59.0 Å². The Labute approximate surface area is 199 Å². The van der Waals surface area contributed by atoms with E-state index in [0.29, 0.717) is 0 Å². The van der Waals surface area contributed by atoms with Crippen LogP contribution in [0.15, 0.2) is 24.3 Å². The topological polar surface area (TPSA) is 55.7 Å². The first kappa shape index (κ1) is 24.1. The molecule has 4 rings (SSSR count). The first-order chi connectivity index (χ1) is 16.0. The van der Waals surface area contributed by atoms with Gasteiger partial charge in [-0.3, -0.25) is 4.90 Å². The highest BCUT2D eigenvalue weighted by atomic mass is 16.3. The maximum Gasteiger partial charge on any atom is 0.136 e. The number of hydrogen-bond acceptors (Lipinski definition) is 6. The van der Waals surface area contributed by atoms with Gasteiger partial charge >= 0.3 is 0 Å². The van der Waals surface area contributed by atoms with Gasteiger partial charge in [0.15, 0.2) is 0 Å². The van der Waals surface area contributed by atoms with E-state index in [2.05, 4.69) is 52.8 Å². The predicted molar refractivity (Wildman–Crippen MR) is 135 cm³/mol. The number of anilines is 1. The summed E-state index contributed by atoms with van der Waals surface area (Å²) in [6, 6.07) is 8.81. The van der Waals surface area contributed by atoms with Crippen LogP contribution in [0.2, 0.25) is 0 Å². The van der Waals surface area contributed by atoms with E-state index in [4.69, 9.17) is 9.97 Å². The molecular formula is C27H41N5O. The van der Waals surface area contributed by atoms with E-state index >= 15 is 0 Å². The van der Waals surface area contributed by atoms with Gasteiger partial charge in [-0.1, -0.05) is 43.2 Å². The molecule has 33 heavy (non-hydrogen) atoms. The molecule has 1 N–H and O–H groups in total. The van der Waals surface area contributed by atoms with Gasteiger partial charge in [-0.05, 0) is 51.8 Å². The minimum atomic E-state index is -0.264. The lowest BCUT2D eigenvalue weighted by Crippen LogP contribution is -2.50. The van der Waals surface area contributed by atoms with Crippen LogP contribution in [-0.2, 0) is 12.8 Å². The van der Waals surface area contributed by atoms with Gasteiger partial charge in [0.25, 0.3) is 0 Å². The summed E-state index contributed by atoms with van der Waals surface area (Å²) in [7, 11) is 0. The van der Waals surface area contributed by atoms with Crippen LogP contribution in [0.4, 0.5) is 5.82 Å². The van der Waals surface area contributed by atoms with E-state index in [1.807, 2.05) is 6.92 Å². The molecule has 2 aliphatic heterocycles. The molecule has 6 nitrogen and oxygen atoms in total. The Morgan fingerprint density at radius 3 is 2.12 bits per heavy atom. The molecule has 1 aromatic carbocycles. The number of β-amino-alcohol motifs (C(OH)–C–C–N with tert-alkyl or cyclic N) is 1. The van der Waals surface area contributed by atoms with Gasteiger partial charge in [0.1, 0.15) is 11.6 Å². The highest BCUT2D eigenvalue weighted by Gasteiger charge is 2.25. The summed E-state index contributed by atoms with van der Waals surface area (Å²) in [5.74, 6) is 1.96. The van der Waals surface area contributed by atoms with Crippen molar-refractivity contribution in [3.8, 4) is 0 Å². The minimum Gasteiger partial charge on any atom is -0.390 e. The SMILES string of the molecule is CCc1nc(C)nc(N2CCN(CC(O)CN3CCCCC3)CC2)c1Cc1ccc(C)cc1. The average Bonchev–Trinajstić information content (AvgIpc) is 2.82. The quantitative estimate of drug-likeness (QED) is 0.665. The van der Waals surface area contributed by atoms with Crippen LogP contribution >= 0.6 is 0 Å². The second-order valence-electron chi connectivity index (χ2n) is 9.84. The molecule has 0 saturated carbocycles. The fourth-order valence-electron chi connectivity index (χ4n) is 5.22. The van der Waals surface area contributed by atoms with Crippen molar-refractivity contribution in [1.82, 2.24) is 19.8 Å². The molecule has 0 aliphatic carbocycles. The fraction of sp³-hybridized carbons (Fsp3) is 0.630. The number of aromatic nitrogens is 2. The monoisotopic (exact) mass is 451 g/mol. The maximum absolute atomic E-state index is 10.7. The summed E-state index contributed by atoms with van der Waals surface area (Å²) in [6.45, 7) is 14.0. The molecule has 0 bridgehead atoms. The van der Waals surface area contributed by atoms with E-state index in [0.717, 1.165) is 82.5 Å². The number of aliphatic hydroxyl groups is 1. The van der Waals surface area contributed by atoms with Crippen molar-refractivity contribution in [3.05, 3.63) is 52.5 Å². The van der Waals surface area contributed by atoms with Crippen molar-refractivity contribution in [3.63, 3.8) is 0 Å². The molecule has 3 heterocycles. The lowest BCUT2D eigenvalue weighted by Gasteiger charge is -2.38. The van der Waals surface area contributed by atoms with Crippen LogP contribution in [0.3, 0.4) is 0 Å². The summed E-state index contributed by atoms with van der Waals surface area (Å²) >= 11 is 0. The van der Waals surface area contributed by atoms with Gasteiger partial charge in [0.05, 0.1) is 6.10 Å². The third kappa shape index (κ3) is 6.52. The van der Waals surface area contributed by atoms with Crippen molar-refractivity contribution >= 4 is 5.82 Å². The largest absolute Gasteiger partial charge is 0.390 e. The van der Waals surface area contributed by atoms with Crippen LogP contribution < -0.4 is 4.90 Å². The maximum atomic E-state index is 10.7. The first-order valence-electron chi connectivity index (χ1n) is 12.8. The Bertz CT molecular complexity index is 886. The number of hydrogen-bond donors (Lipinski definition) is 1. The number of aliphatic hydroxyl groups excluding tert-OH is 1. The van der Waals surface area contributed by atoms with Crippen molar-refractivity contribution in [2.75, 3.05) is 57.3 Å². The Hall–Kier alpha value is -2.02. The zero-order valence-electron chi connectivity index (χ0n) is 20.8. The number of benzene rings is 1. The second kappa shape index (κ2) is 11.4. The van der Waals surface area contributed by atoms with Crippen molar-refractivity contribution in [1.29, 1.82) is 0 Å². The van der Waals surface area contributed by atoms with Gasteiger partial charge in [0, 0.05) is 56.9 Å². The molecule has 2 aromatic rings. The van der Waals surface area contributed by atoms with E-state index in [1.54, 1.807) is 0 Å². The fourth-order valence-corrected chi connectivity index (χ4v) is 5.22. The van der Waals surface area contributed by atoms with Crippen molar-refractivity contribution < 1.29 is 5.11 Å². The van der Waals surface area contributed by atoms with Gasteiger partial charge in [-0.15, -0.1) is 0 Å². The van der Waals surface area contributed by atoms with E-state index in [1.165, 1.54) is 36.0 Å². The molecule has 1 aromatic heterocycles. The van der Waals surface area contributed by atoms with Crippen LogP contribution in [0.25, 0.3) is 0 Å². The van der Waals surface area contributed by atoms with Crippen LogP contribution in [0.1, 0.15) is 54.4 Å². The molecule has 0 spiro atoms. The molecule has 0 amide bonds. The number of piperidine rings is 1. The highest BCUT2D eigenvalue weighted by Crippen LogP contribution is 2.26. The normalized spacial score (nSPS) is 19.1. The molecule has 1 unspecified atom stereocenters. The number of rotatable bonds is 8. The zero-order valence-corrected chi connectivity index (χ0v) is 20.8. The van der Waals surface area contributed by atoms with Gasteiger partial charge < -0.3 is 14.9 Å². The second-order valence-corrected chi connectivity index (χ2v) is 9.84. The molecule has 0 radical (unpaired) electrons. The standard InChI is InChI=1S/C27H41N5O/c1-4-26-25(18-23-10-8-21(2)9-11-23)27(29-22(3)28-26)32-16-14-31(15-17-32)20-24(33)19-30-12-6-5-7-13-30/h8-11,24,33H,4-7,12-20H2,1-3H3. The molecule has 1 atom stereocenters. The number of nitrogens with zero attached hydrogens (tertiary/aromatic N) is 5. The predicted octanol–water partition coefficient (Wildman–Crippen LogP) is 3.22. The Morgan fingerprint density at radius 2 is 1.48 bits per heavy atom. The molecular weight excluding hydrogens is 410 g/mol. The van der Waals surface area contributed by atoms with Gasteiger partial charge in [0.2, 0.25) is 0 Å². The molecule has 180 valence electrons. The smallest absolute Gasteiger partial charge is 0.136 e. The van der Waals surface area contributed by atoms with Gasteiger partial charge in [-0.25, -0.2) is 9.97 Å². The Balaban J connectivity index is 1.40. The molecule has 6 heteroatoms. The van der Waals surface area contributed by atoms with E-state index in [-0.39, 0.29) is 6.10 Å². The van der Waals surface area contributed by atoms with Gasteiger partial charge in [-0.2, -0.15) is 0 Å². The third-order valence-electron chi connectivity index (χ3n) is 7.08. The lowest BCUT2D eigenvalue weighted by atomic mass is 10.0. The third-order valence-corrected chi connectivity index (χ3v) is 7.08. The van der Waals surface area contributed by atoms with E-state index < -0.39 is 0 Å². The Kier molecular flexibility index (Phi) is 8.34. The number of aryl methyl sites for hydroxylation is 3. The number of piperazine rings is 1. The van der Waals surface area contributed by atoms with Crippen LogP contribution in [0, 0.1) is 13.8 Å². The molecule has 2 saturated heterocycles. The molecule has 2 fully saturated rings. The number of likely N-dealkylation sites (tertiary alicyclic amines) is 1. The van der Waals surface area contributed by atoms with E-state index in [9.17, 15) is 5.11 Å². The van der Waals surface area contributed by atoms with Crippen LogP contribution in [0.5, 0.6) is 0 Å². The lowest BCUT2D eigenvalue weighted by molar-refractivity contribution is 0.0651. The summed E-state index contributed by atoms with van der Waals surface area (Å²) in [5.41, 5.74) is 5.03. The summed E-state index contributed by atoms with van der Waals surface area (Å²) < 4.78 is 0. The summed E-state index contributed by atoms with van der Waals surface area (Å²) in [4.78, 5) is 17.0. The summed E-state index contributed by atoms with van der Waals surface area (Å²) in [6.07, 6.45) is 5.40. The minimum absolute atomic E-state index is 0.264. The summed E-state index contributed by atoms with van der Waals surface area (Å²) in [5, 5.41) is 10.7. The Morgan fingerprint density at radius 1 is 0.848 bits per heavy atom. The first-order valence-corrected chi connectivity index (χ1v) is 12.8.